The minimum atomic E-state index is -0.170. The standard InChI is InChI=1S/C15H20N4O2/c1-9(8-20)10(2)16-15(21)13-6-4-5-12(7-13)14-17-11(3)18-19-14/h4-7,9-10,20H,8H2,1-3H3,(H,16,21)(H,17,18,19). The Bertz CT molecular complexity index is 624. The smallest absolute Gasteiger partial charge is 0.251 e. The van der Waals surface area contributed by atoms with Crippen molar-refractivity contribution >= 4 is 5.91 Å². The van der Waals surface area contributed by atoms with E-state index in [2.05, 4.69) is 20.5 Å². The number of aryl methyl sites for hydroxylation is 1. The van der Waals surface area contributed by atoms with Crippen LogP contribution >= 0.6 is 0 Å². The third kappa shape index (κ3) is 3.66. The summed E-state index contributed by atoms with van der Waals surface area (Å²) in [7, 11) is 0. The summed E-state index contributed by atoms with van der Waals surface area (Å²) in [6, 6.07) is 7.06. The molecule has 0 radical (unpaired) electrons. The molecular weight excluding hydrogens is 268 g/mol. The van der Waals surface area contributed by atoms with Gasteiger partial charge in [-0.15, -0.1) is 0 Å². The molecule has 3 N–H and O–H groups in total. The number of H-pyrrole nitrogens is 1. The van der Waals surface area contributed by atoms with Gasteiger partial charge in [-0.05, 0) is 31.9 Å². The molecule has 6 nitrogen and oxygen atoms in total. The lowest BCUT2D eigenvalue weighted by atomic mass is 10.0. The van der Waals surface area contributed by atoms with Gasteiger partial charge in [0.15, 0.2) is 5.82 Å². The van der Waals surface area contributed by atoms with Gasteiger partial charge in [-0.3, -0.25) is 9.89 Å². The van der Waals surface area contributed by atoms with Gasteiger partial charge in [0.25, 0.3) is 5.91 Å². The Labute approximate surface area is 123 Å². The van der Waals surface area contributed by atoms with E-state index < -0.39 is 0 Å². The van der Waals surface area contributed by atoms with Crippen LogP contribution in [-0.2, 0) is 0 Å². The second-order valence-electron chi connectivity index (χ2n) is 5.25. The number of aliphatic hydroxyl groups excluding tert-OH is 1. The van der Waals surface area contributed by atoms with E-state index in [1.807, 2.05) is 26.8 Å². The van der Waals surface area contributed by atoms with Crippen molar-refractivity contribution in [3.8, 4) is 11.4 Å². The molecule has 0 aliphatic heterocycles. The normalized spacial score (nSPS) is 13.7. The minimum Gasteiger partial charge on any atom is -0.396 e. The maximum atomic E-state index is 12.2. The van der Waals surface area contributed by atoms with Gasteiger partial charge in [-0.25, -0.2) is 4.98 Å². The number of hydrogen-bond acceptors (Lipinski definition) is 4. The number of aliphatic hydroxyl groups is 1. The van der Waals surface area contributed by atoms with E-state index >= 15 is 0 Å². The summed E-state index contributed by atoms with van der Waals surface area (Å²) in [5.74, 6) is 1.13. The first-order chi connectivity index (χ1) is 10.0. The molecule has 1 aromatic heterocycles. The zero-order chi connectivity index (χ0) is 15.4. The van der Waals surface area contributed by atoms with Crippen molar-refractivity contribution in [1.82, 2.24) is 20.5 Å². The third-order valence-electron chi connectivity index (χ3n) is 3.48. The largest absolute Gasteiger partial charge is 0.396 e. The monoisotopic (exact) mass is 288 g/mol. The van der Waals surface area contributed by atoms with Crippen molar-refractivity contribution in [2.24, 2.45) is 5.92 Å². The molecule has 2 rings (SSSR count). The molecule has 0 saturated carbocycles. The van der Waals surface area contributed by atoms with E-state index in [4.69, 9.17) is 5.11 Å². The molecule has 6 heteroatoms. The highest BCUT2D eigenvalue weighted by atomic mass is 16.3. The van der Waals surface area contributed by atoms with E-state index in [9.17, 15) is 4.79 Å². The third-order valence-corrected chi connectivity index (χ3v) is 3.48. The van der Waals surface area contributed by atoms with Gasteiger partial charge < -0.3 is 10.4 Å². The van der Waals surface area contributed by atoms with E-state index in [0.29, 0.717) is 11.4 Å². The summed E-state index contributed by atoms with van der Waals surface area (Å²) in [6.45, 7) is 5.63. The van der Waals surface area contributed by atoms with Crippen LogP contribution in [-0.4, -0.2) is 38.8 Å². The first-order valence-corrected chi connectivity index (χ1v) is 6.92. The lowest BCUT2D eigenvalue weighted by Gasteiger charge is -2.19. The van der Waals surface area contributed by atoms with Crippen LogP contribution in [0.15, 0.2) is 24.3 Å². The number of rotatable bonds is 5. The zero-order valence-electron chi connectivity index (χ0n) is 12.4. The van der Waals surface area contributed by atoms with E-state index in [-0.39, 0.29) is 24.5 Å². The Kier molecular flexibility index (Phi) is 4.70. The van der Waals surface area contributed by atoms with Crippen molar-refractivity contribution in [2.45, 2.75) is 26.8 Å². The van der Waals surface area contributed by atoms with Crippen molar-refractivity contribution in [1.29, 1.82) is 0 Å². The molecule has 0 spiro atoms. The van der Waals surface area contributed by atoms with Gasteiger partial charge in [-0.2, -0.15) is 5.10 Å². The minimum absolute atomic E-state index is 0.00721. The highest BCUT2D eigenvalue weighted by Gasteiger charge is 2.16. The van der Waals surface area contributed by atoms with Crippen LogP contribution in [0.25, 0.3) is 11.4 Å². The Morgan fingerprint density at radius 3 is 2.81 bits per heavy atom. The van der Waals surface area contributed by atoms with Crippen molar-refractivity contribution in [3.63, 3.8) is 0 Å². The van der Waals surface area contributed by atoms with E-state index in [0.717, 1.165) is 11.4 Å². The lowest BCUT2D eigenvalue weighted by Crippen LogP contribution is -2.38. The van der Waals surface area contributed by atoms with Gasteiger partial charge in [0.1, 0.15) is 5.82 Å². The van der Waals surface area contributed by atoms with Gasteiger partial charge in [-0.1, -0.05) is 19.1 Å². The molecule has 112 valence electrons. The Hall–Kier alpha value is -2.21. The molecule has 0 saturated heterocycles. The maximum absolute atomic E-state index is 12.2. The van der Waals surface area contributed by atoms with Crippen LogP contribution in [0.5, 0.6) is 0 Å². The molecule has 1 heterocycles. The second kappa shape index (κ2) is 6.49. The number of aromatic nitrogens is 3. The molecule has 2 aromatic rings. The summed E-state index contributed by atoms with van der Waals surface area (Å²) in [4.78, 5) is 16.5. The van der Waals surface area contributed by atoms with Crippen molar-refractivity contribution < 1.29 is 9.90 Å². The molecule has 0 bridgehead atoms. The van der Waals surface area contributed by atoms with Crippen LogP contribution in [0.2, 0.25) is 0 Å². The predicted molar refractivity (Wildman–Crippen MR) is 79.7 cm³/mol. The molecule has 0 aliphatic carbocycles. The average Bonchev–Trinajstić information content (AvgIpc) is 2.93. The number of aromatic amines is 1. The first kappa shape index (κ1) is 15.2. The lowest BCUT2D eigenvalue weighted by molar-refractivity contribution is 0.0916. The second-order valence-corrected chi connectivity index (χ2v) is 5.25. The van der Waals surface area contributed by atoms with Crippen LogP contribution in [0.1, 0.15) is 30.0 Å². The number of hydrogen-bond donors (Lipinski definition) is 3. The molecule has 2 unspecified atom stereocenters. The fourth-order valence-corrected chi connectivity index (χ4v) is 1.86. The average molecular weight is 288 g/mol. The highest BCUT2D eigenvalue weighted by molar-refractivity contribution is 5.95. The fourth-order valence-electron chi connectivity index (χ4n) is 1.86. The fraction of sp³-hybridized carbons (Fsp3) is 0.400. The zero-order valence-corrected chi connectivity index (χ0v) is 12.4. The summed E-state index contributed by atoms with van der Waals surface area (Å²) >= 11 is 0. The summed E-state index contributed by atoms with van der Waals surface area (Å²) in [6.07, 6.45) is 0. The number of carbonyl (C=O) groups is 1. The van der Waals surface area contributed by atoms with E-state index in [1.54, 1.807) is 18.2 Å². The molecule has 1 aromatic carbocycles. The van der Waals surface area contributed by atoms with Gasteiger partial charge in [0.2, 0.25) is 0 Å². The predicted octanol–water partition coefficient (Wildman–Crippen LogP) is 1.53. The van der Waals surface area contributed by atoms with Crippen LogP contribution < -0.4 is 5.32 Å². The summed E-state index contributed by atoms with van der Waals surface area (Å²) in [5, 5.41) is 18.9. The highest BCUT2D eigenvalue weighted by Crippen LogP contribution is 2.16. The number of carbonyl (C=O) groups excluding carboxylic acids is 1. The van der Waals surface area contributed by atoms with Gasteiger partial charge >= 0.3 is 0 Å². The quantitative estimate of drug-likeness (QED) is 0.778. The molecule has 0 fully saturated rings. The maximum Gasteiger partial charge on any atom is 0.251 e. The number of benzene rings is 1. The SMILES string of the molecule is Cc1nc(-c2cccc(C(=O)NC(C)C(C)CO)c2)n[nH]1. The Morgan fingerprint density at radius 2 is 2.19 bits per heavy atom. The molecule has 0 aliphatic rings. The van der Waals surface area contributed by atoms with Gasteiger partial charge in [0, 0.05) is 23.8 Å². The van der Waals surface area contributed by atoms with Crippen molar-refractivity contribution in [2.75, 3.05) is 6.61 Å². The summed E-state index contributed by atoms with van der Waals surface area (Å²) in [5.41, 5.74) is 1.34. The van der Waals surface area contributed by atoms with Crippen LogP contribution in [0.4, 0.5) is 0 Å². The Balaban J connectivity index is 2.15. The number of amides is 1. The molecule has 21 heavy (non-hydrogen) atoms. The molecule has 1 amide bonds. The first-order valence-electron chi connectivity index (χ1n) is 6.92. The Morgan fingerprint density at radius 1 is 1.43 bits per heavy atom. The van der Waals surface area contributed by atoms with Crippen LogP contribution in [0.3, 0.4) is 0 Å². The van der Waals surface area contributed by atoms with Crippen LogP contribution in [0, 0.1) is 12.8 Å². The topological polar surface area (TPSA) is 90.9 Å². The molecule has 2 atom stereocenters. The van der Waals surface area contributed by atoms with E-state index in [1.165, 1.54) is 0 Å². The van der Waals surface area contributed by atoms with Gasteiger partial charge in [0.05, 0.1) is 0 Å². The number of nitrogens with zero attached hydrogens (tertiary/aromatic N) is 2. The number of nitrogens with one attached hydrogen (secondary N) is 2. The summed E-state index contributed by atoms with van der Waals surface area (Å²) < 4.78 is 0. The van der Waals surface area contributed by atoms with Crippen molar-refractivity contribution in [3.05, 3.63) is 35.7 Å². The molecular formula is C15H20N4O2.